The van der Waals surface area contributed by atoms with Gasteiger partial charge in [-0.15, -0.1) is 0 Å². The van der Waals surface area contributed by atoms with E-state index in [0.717, 1.165) is 17.1 Å². The highest BCUT2D eigenvalue weighted by atomic mass is 16.6. The van der Waals surface area contributed by atoms with E-state index in [-0.39, 0.29) is 0 Å². The number of benzene rings is 2. The van der Waals surface area contributed by atoms with Gasteiger partial charge in [0.15, 0.2) is 11.5 Å². The maximum Gasteiger partial charge on any atom is 0.161 e. The molecule has 0 bridgehead atoms. The first-order valence-corrected chi connectivity index (χ1v) is 6.79. The van der Waals surface area contributed by atoms with Crippen LogP contribution in [0.1, 0.15) is 19.4 Å². The Hall–Kier alpha value is -1.96. The lowest BCUT2D eigenvalue weighted by Crippen LogP contribution is -2.15. The second-order valence-electron chi connectivity index (χ2n) is 4.23. The normalized spacial score (nSPS) is 12.4. The average Bonchev–Trinajstić information content (AvgIpc) is 2.49. The van der Waals surface area contributed by atoms with E-state index in [0.29, 0.717) is 13.2 Å². The van der Waals surface area contributed by atoms with Crippen LogP contribution in [0.15, 0.2) is 42.5 Å². The Balaban J connectivity index is 0.000000637. The third kappa shape index (κ3) is 3.08. The zero-order valence-electron chi connectivity index (χ0n) is 11.8. The van der Waals surface area contributed by atoms with Crippen molar-refractivity contribution < 1.29 is 9.47 Å². The summed E-state index contributed by atoms with van der Waals surface area (Å²) in [6.45, 7) is 7.36. The van der Waals surface area contributed by atoms with Crippen molar-refractivity contribution >= 4 is 0 Å². The Bertz CT molecular complexity index is 547. The molecule has 1 aliphatic rings. The number of ether oxygens (including phenoxy) is 2. The summed E-state index contributed by atoms with van der Waals surface area (Å²) in [5.74, 6) is 1.68. The molecule has 2 heteroatoms. The van der Waals surface area contributed by atoms with Gasteiger partial charge in [-0.3, -0.25) is 0 Å². The second kappa shape index (κ2) is 6.28. The molecule has 0 unspecified atom stereocenters. The van der Waals surface area contributed by atoms with Crippen LogP contribution >= 0.6 is 0 Å². The molecule has 0 aromatic heterocycles. The van der Waals surface area contributed by atoms with Crippen LogP contribution in [0.4, 0.5) is 0 Å². The molecule has 100 valence electrons. The van der Waals surface area contributed by atoms with Crippen molar-refractivity contribution in [2.24, 2.45) is 0 Å². The van der Waals surface area contributed by atoms with Gasteiger partial charge in [0, 0.05) is 0 Å². The first kappa shape index (κ1) is 13.5. The van der Waals surface area contributed by atoms with Crippen LogP contribution in [0.5, 0.6) is 11.5 Å². The highest BCUT2D eigenvalue weighted by Gasteiger charge is 2.12. The van der Waals surface area contributed by atoms with Crippen molar-refractivity contribution in [1.29, 1.82) is 0 Å². The third-order valence-electron chi connectivity index (χ3n) is 2.89. The Morgan fingerprint density at radius 2 is 1.47 bits per heavy atom. The van der Waals surface area contributed by atoms with E-state index in [1.807, 2.05) is 26.0 Å². The fourth-order valence-electron chi connectivity index (χ4n) is 2.05. The second-order valence-corrected chi connectivity index (χ2v) is 4.23. The van der Waals surface area contributed by atoms with E-state index >= 15 is 0 Å². The molecule has 2 nitrogen and oxygen atoms in total. The number of aryl methyl sites for hydroxylation is 1. The molecule has 0 saturated carbocycles. The lowest BCUT2D eigenvalue weighted by atomic mass is 10.0. The van der Waals surface area contributed by atoms with Crippen LogP contribution in [0, 0.1) is 6.92 Å². The average molecular weight is 256 g/mol. The minimum Gasteiger partial charge on any atom is -0.486 e. The van der Waals surface area contributed by atoms with Crippen molar-refractivity contribution in [2.75, 3.05) is 13.2 Å². The van der Waals surface area contributed by atoms with E-state index in [1.165, 1.54) is 11.1 Å². The Morgan fingerprint density at radius 1 is 0.789 bits per heavy atom. The van der Waals surface area contributed by atoms with E-state index in [1.54, 1.807) is 0 Å². The van der Waals surface area contributed by atoms with Crippen molar-refractivity contribution in [3.05, 3.63) is 48.0 Å². The van der Waals surface area contributed by atoms with Crippen LogP contribution in [-0.2, 0) is 0 Å². The maximum absolute atomic E-state index is 5.59. The van der Waals surface area contributed by atoms with E-state index in [9.17, 15) is 0 Å². The van der Waals surface area contributed by atoms with Crippen LogP contribution in [0.3, 0.4) is 0 Å². The highest BCUT2D eigenvalue weighted by Crippen LogP contribution is 2.34. The molecule has 3 rings (SSSR count). The number of rotatable bonds is 1. The lowest BCUT2D eigenvalue weighted by molar-refractivity contribution is 0.171. The summed E-state index contributed by atoms with van der Waals surface area (Å²) >= 11 is 0. The van der Waals surface area contributed by atoms with E-state index in [2.05, 4.69) is 37.3 Å². The number of hydrogen-bond donors (Lipinski definition) is 0. The van der Waals surface area contributed by atoms with Gasteiger partial charge in [0.05, 0.1) is 0 Å². The molecule has 2 aromatic rings. The van der Waals surface area contributed by atoms with Gasteiger partial charge in [0.25, 0.3) is 0 Å². The smallest absolute Gasteiger partial charge is 0.161 e. The molecule has 0 atom stereocenters. The van der Waals surface area contributed by atoms with Gasteiger partial charge >= 0.3 is 0 Å². The Labute approximate surface area is 115 Å². The fraction of sp³-hybridized carbons (Fsp3) is 0.294. The highest BCUT2D eigenvalue weighted by molar-refractivity contribution is 5.67. The standard InChI is InChI=1S/C15H14O2.C2H6/c1-11-3-2-4-12(9-11)13-5-6-14-15(10-13)17-8-7-16-14;1-2/h2-6,9-10H,7-8H2,1H3;1-2H3. The Morgan fingerprint density at radius 3 is 2.21 bits per heavy atom. The van der Waals surface area contributed by atoms with E-state index < -0.39 is 0 Å². The molecule has 0 radical (unpaired) electrons. The summed E-state index contributed by atoms with van der Waals surface area (Å²) in [4.78, 5) is 0. The summed E-state index contributed by atoms with van der Waals surface area (Å²) < 4.78 is 11.1. The lowest BCUT2D eigenvalue weighted by Gasteiger charge is -2.19. The maximum atomic E-state index is 5.59. The topological polar surface area (TPSA) is 18.5 Å². The molecule has 0 N–H and O–H groups in total. The van der Waals surface area contributed by atoms with Crippen LogP contribution in [0.25, 0.3) is 11.1 Å². The quantitative estimate of drug-likeness (QED) is 0.750. The van der Waals surface area contributed by atoms with Crippen LogP contribution in [-0.4, -0.2) is 13.2 Å². The van der Waals surface area contributed by atoms with Crippen molar-refractivity contribution in [3.63, 3.8) is 0 Å². The van der Waals surface area contributed by atoms with Gasteiger partial charge in [-0.05, 0) is 30.2 Å². The zero-order chi connectivity index (χ0) is 13.7. The van der Waals surface area contributed by atoms with Gasteiger partial charge in [-0.1, -0.05) is 49.7 Å². The predicted molar refractivity (Wildman–Crippen MR) is 79.0 cm³/mol. The minimum atomic E-state index is 0.629. The van der Waals surface area contributed by atoms with Gasteiger partial charge in [0.1, 0.15) is 13.2 Å². The summed E-state index contributed by atoms with van der Waals surface area (Å²) in [7, 11) is 0. The molecule has 0 amide bonds. The van der Waals surface area contributed by atoms with Crippen molar-refractivity contribution in [1.82, 2.24) is 0 Å². The molecular weight excluding hydrogens is 236 g/mol. The predicted octanol–water partition coefficient (Wildman–Crippen LogP) is 4.46. The molecule has 2 aromatic carbocycles. The van der Waals surface area contributed by atoms with Crippen molar-refractivity contribution in [3.8, 4) is 22.6 Å². The molecule has 0 spiro atoms. The summed E-state index contributed by atoms with van der Waals surface area (Å²) in [6, 6.07) is 14.5. The largest absolute Gasteiger partial charge is 0.486 e. The fourth-order valence-corrected chi connectivity index (χ4v) is 2.05. The summed E-state index contributed by atoms with van der Waals surface area (Å²) in [5, 5.41) is 0. The first-order valence-electron chi connectivity index (χ1n) is 6.79. The van der Waals surface area contributed by atoms with Crippen LogP contribution in [0.2, 0.25) is 0 Å². The summed E-state index contributed by atoms with van der Waals surface area (Å²) in [5.41, 5.74) is 3.64. The first-order chi connectivity index (χ1) is 9.33. The SMILES string of the molecule is CC.Cc1cccc(-c2ccc3c(c2)OCCO3)c1. The molecule has 1 heterocycles. The molecule has 19 heavy (non-hydrogen) atoms. The minimum absolute atomic E-state index is 0.629. The molecule has 0 aliphatic carbocycles. The molecule has 0 saturated heterocycles. The third-order valence-corrected chi connectivity index (χ3v) is 2.89. The van der Waals surface area contributed by atoms with Crippen LogP contribution < -0.4 is 9.47 Å². The van der Waals surface area contributed by atoms with E-state index in [4.69, 9.17) is 9.47 Å². The molecule has 1 aliphatic heterocycles. The monoisotopic (exact) mass is 256 g/mol. The molecular formula is C17H20O2. The van der Waals surface area contributed by atoms with Gasteiger partial charge in [0.2, 0.25) is 0 Å². The Kier molecular flexibility index (Phi) is 4.45. The van der Waals surface area contributed by atoms with Gasteiger partial charge in [-0.25, -0.2) is 0 Å². The number of fused-ring (bicyclic) bond motifs is 1. The number of hydrogen-bond acceptors (Lipinski definition) is 2. The summed E-state index contributed by atoms with van der Waals surface area (Å²) in [6.07, 6.45) is 0. The van der Waals surface area contributed by atoms with Crippen molar-refractivity contribution in [2.45, 2.75) is 20.8 Å². The van der Waals surface area contributed by atoms with Gasteiger partial charge in [-0.2, -0.15) is 0 Å². The molecule has 0 fully saturated rings. The zero-order valence-corrected chi connectivity index (χ0v) is 11.8. The van der Waals surface area contributed by atoms with Gasteiger partial charge < -0.3 is 9.47 Å².